The summed E-state index contributed by atoms with van der Waals surface area (Å²) in [4.78, 5) is 13.4. The first-order chi connectivity index (χ1) is 18.9. The van der Waals surface area contributed by atoms with Crippen LogP contribution in [0, 0.1) is 6.33 Å². The summed E-state index contributed by atoms with van der Waals surface area (Å²) in [6.07, 6.45) is 13.3. The minimum absolute atomic E-state index is 0.202. The Morgan fingerprint density at radius 2 is 1.55 bits per heavy atom. The van der Waals surface area contributed by atoms with Crippen LogP contribution in [0.15, 0.2) is 73.4 Å². The topological polar surface area (TPSA) is 55.3 Å². The molecule has 40 heavy (non-hydrogen) atoms. The zero-order valence-corrected chi connectivity index (χ0v) is 25.3. The van der Waals surface area contributed by atoms with Gasteiger partial charge in [-0.15, -0.1) is 0 Å². The van der Waals surface area contributed by atoms with E-state index in [1.54, 1.807) is 0 Å². The molecule has 2 aromatic carbocycles. The van der Waals surface area contributed by atoms with E-state index in [9.17, 15) is 0 Å². The second-order valence-corrected chi connectivity index (χ2v) is 12.5. The van der Waals surface area contributed by atoms with Gasteiger partial charge in [0.2, 0.25) is 6.33 Å². The Labute approximate surface area is 238 Å². The summed E-state index contributed by atoms with van der Waals surface area (Å²) < 4.78 is 6.17. The van der Waals surface area contributed by atoms with Crippen molar-refractivity contribution < 1.29 is 4.57 Å². The predicted molar refractivity (Wildman–Crippen MR) is 161 cm³/mol. The molecule has 3 heterocycles. The average molecular weight is 535 g/mol. The highest BCUT2D eigenvalue weighted by Gasteiger charge is 2.41. The van der Waals surface area contributed by atoms with Gasteiger partial charge in [-0.05, 0) is 33.9 Å². The summed E-state index contributed by atoms with van der Waals surface area (Å²) in [5, 5.41) is 0. The van der Waals surface area contributed by atoms with Gasteiger partial charge >= 0.3 is 0 Å². The monoisotopic (exact) mass is 534 g/mol. The van der Waals surface area contributed by atoms with Gasteiger partial charge in [0.05, 0.1) is 18.4 Å². The van der Waals surface area contributed by atoms with Crippen LogP contribution < -0.4 is 4.57 Å². The van der Waals surface area contributed by atoms with Crippen LogP contribution in [0.5, 0.6) is 0 Å². The number of aromatic nitrogens is 6. The Balaban J connectivity index is 1.54. The molecule has 6 nitrogen and oxygen atoms in total. The van der Waals surface area contributed by atoms with Gasteiger partial charge in [0.25, 0.3) is 0 Å². The maximum Gasteiger partial charge on any atom is 0.243 e. The lowest BCUT2D eigenvalue weighted by Crippen LogP contribution is -2.41. The lowest BCUT2D eigenvalue weighted by molar-refractivity contribution is -0.599. The Morgan fingerprint density at radius 1 is 0.875 bits per heavy atom. The van der Waals surface area contributed by atoms with Crippen molar-refractivity contribution in [3.8, 4) is 23.0 Å². The predicted octanol–water partition coefficient (Wildman–Crippen LogP) is 7.18. The third-order valence-electron chi connectivity index (χ3n) is 8.80. The van der Waals surface area contributed by atoms with Crippen LogP contribution in [-0.2, 0) is 17.9 Å². The van der Waals surface area contributed by atoms with E-state index in [-0.39, 0.29) is 10.8 Å². The minimum Gasteiger partial charge on any atom is -0.339 e. The van der Waals surface area contributed by atoms with E-state index in [2.05, 4.69) is 120 Å². The van der Waals surface area contributed by atoms with Gasteiger partial charge in [0.1, 0.15) is 0 Å². The van der Waals surface area contributed by atoms with E-state index in [4.69, 9.17) is 9.97 Å². The highest BCUT2D eigenvalue weighted by Crippen LogP contribution is 2.44. The third kappa shape index (κ3) is 4.70. The van der Waals surface area contributed by atoms with Crippen molar-refractivity contribution in [2.45, 2.75) is 78.1 Å². The van der Waals surface area contributed by atoms with E-state index >= 15 is 0 Å². The van der Waals surface area contributed by atoms with Crippen molar-refractivity contribution in [2.24, 2.45) is 7.05 Å². The number of benzene rings is 2. The number of aromatic amines is 1. The molecule has 0 aliphatic carbocycles. The molecule has 0 saturated carbocycles. The molecule has 0 aliphatic heterocycles. The van der Waals surface area contributed by atoms with E-state index in [1.807, 2.05) is 41.0 Å². The van der Waals surface area contributed by atoms with E-state index in [0.717, 1.165) is 23.0 Å². The smallest absolute Gasteiger partial charge is 0.243 e. The summed E-state index contributed by atoms with van der Waals surface area (Å²) in [5.74, 6) is 2.38. The lowest BCUT2D eigenvalue weighted by Gasteiger charge is -2.42. The molecule has 6 heteroatoms. The van der Waals surface area contributed by atoms with Crippen molar-refractivity contribution in [1.29, 1.82) is 0 Å². The van der Waals surface area contributed by atoms with Crippen molar-refractivity contribution in [2.75, 3.05) is 0 Å². The van der Waals surface area contributed by atoms with E-state index in [1.165, 1.54) is 22.4 Å². The van der Waals surface area contributed by atoms with Crippen LogP contribution in [-0.4, -0.2) is 24.1 Å². The molecule has 208 valence electrons. The van der Waals surface area contributed by atoms with Crippen LogP contribution in [0.2, 0.25) is 0 Å². The van der Waals surface area contributed by atoms with Gasteiger partial charge < -0.3 is 14.1 Å². The first kappa shape index (κ1) is 27.6. The fourth-order valence-electron chi connectivity index (χ4n) is 5.49. The molecule has 5 aromatic rings. The highest BCUT2D eigenvalue weighted by molar-refractivity contribution is 5.58. The molecule has 0 saturated heterocycles. The second-order valence-electron chi connectivity index (χ2n) is 12.5. The number of hydrogen-bond donors (Lipinski definition) is 1. The summed E-state index contributed by atoms with van der Waals surface area (Å²) in [5.41, 5.74) is 6.81. The number of para-hydroxylation sites is 1. The first-order valence-corrected chi connectivity index (χ1v) is 14.2. The molecule has 0 radical (unpaired) electrons. The number of hydrogen-bond acceptors (Lipinski definition) is 2. The molecule has 3 aromatic heterocycles. The number of H-pyrrole nitrogens is 1. The molecule has 0 amide bonds. The van der Waals surface area contributed by atoms with Crippen LogP contribution in [0.3, 0.4) is 0 Å². The van der Waals surface area contributed by atoms with Crippen molar-refractivity contribution >= 4 is 0 Å². The molecule has 0 unspecified atom stereocenters. The highest BCUT2D eigenvalue weighted by atomic mass is 15.1. The molecule has 0 bridgehead atoms. The maximum absolute atomic E-state index is 4.88. The molecule has 0 aliphatic rings. The van der Waals surface area contributed by atoms with Gasteiger partial charge in [0, 0.05) is 42.1 Å². The first-order valence-electron chi connectivity index (χ1n) is 14.2. The maximum atomic E-state index is 4.88. The van der Waals surface area contributed by atoms with Crippen LogP contribution in [0.25, 0.3) is 23.0 Å². The Morgan fingerprint density at radius 3 is 2.17 bits per heavy atom. The quantitative estimate of drug-likeness (QED) is 0.169. The van der Waals surface area contributed by atoms with Crippen LogP contribution >= 0.6 is 0 Å². The van der Waals surface area contributed by atoms with Gasteiger partial charge in [-0.1, -0.05) is 97.9 Å². The number of aryl methyl sites for hydroxylation is 1. The van der Waals surface area contributed by atoms with Crippen molar-refractivity contribution in [3.63, 3.8) is 0 Å². The van der Waals surface area contributed by atoms with Crippen molar-refractivity contribution in [3.05, 3.63) is 102 Å². The van der Waals surface area contributed by atoms with Crippen LogP contribution in [0.1, 0.15) is 89.6 Å². The fraction of sp³-hybridized carbons (Fsp3) is 0.382. The molecule has 1 N–H and O–H groups in total. The third-order valence-corrected chi connectivity index (χ3v) is 8.80. The lowest BCUT2D eigenvalue weighted by atomic mass is 9.62. The number of imidazole rings is 3. The largest absolute Gasteiger partial charge is 0.339 e. The zero-order valence-electron chi connectivity index (χ0n) is 25.3. The molecular formula is C34H42N6. The van der Waals surface area contributed by atoms with E-state index in [0.29, 0.717) is 11.8 Å². The van der Waals surface area contributed by atoms with Crippen molar-refractivity contribution in [1.82, 2.24) is 24.1 Å². The Bertz CT molecular complexity index is 1600. The second kappa shape index (κ2) is 10.2. The Kier molecular flexibility index (Phi) is 7.07. The standard InChI is InChI=1S/C34H42N6/c1-23(2)27-14-11-15-28(24(3)4)30(27)40-17-16-35-32(40)31-36-21-29(37-31)34(7,8)33(5,6)25-12-10-13-26(20-25)39-19-18-38(9)22-39/h10-21,23-24H,1-9H3,(H,36,37). The van der Waals surface area contributed by atoms with Gasteiger partial charge in [-0.2, -0.15) is 0 Å². The molecule has 0 atom stereocenters. The SMILES string of the molecule is CC(C)c1cccc(C(C)C)c1-n1ccnc1-c1ncc(C(C)(C)C(C)(C)c2cccc(-[n+]3[c-]n(C)cc3)c2)[nH]1. The van der Waals surface area contributed by atoms with E-state index < -0.39 is 0 Å². The summed E-state index contributed by atoms with van der Waals surface area (Å²) in [6, 6.07) is 15.4. The molecular weight excluding hydrogens is 492 g/mol. The fourth-order valence-corrected chi connectivity index (χ4v) is 5.49. The van der Waals surface area contributed by atoms with Gasteiger partial charge in [-0.3, -0.25) is 4.57 Å². The number of rotatable bonds is 8. The normalized spacial score (nSPS) is 12.6. The molecule has 5 rings (SSSR count). The van der Waals surface area contributed by atoms with Crippen LogP contribution in [0.4, 0.5) is 0 Å². The summed E-state index contributed by atoms with van der Waals surface area (Å²) >= 11 is 0. The Hall–Kier alpha value is -3.93. The summed E-state index contributed by atoms with van der Waals surface area (Å²) in [6.45, 7) is 18.2. The minimum atomic E-state index is -0.252. The molecule has 0 spiro atoms. The number of nitrogens with one attached hydrogen (secondary N) is 1. The zero-order chi connectivity index (χ0) is 28.8. The van der Waals surface area contributed by atoms with Gasteiger partial charge in [0.15, 0.2) is 11.6 Å². The molecule has 0 fully saturated rings. The number of nitrogens with zero attached hydrogens (tertiary/aromatic N) is 5. The summed E-state index contributed by atoms with van der Waals surface area (Å²) in [7, 11) is 1.99. The average Bonchev–Trinajstić information content (AvgIpc) is 3.68. The van der Waals surface area contributed by atoms with Gasteiger partial charge in [-0.25, -0.2) is 9.97 Å².